The molecule has 0 saturated carbocycles. The first kappa shape index (κ1) is 26.0. The summed E-state index contributed by atoms with van der Waals surface area (Å²) in [4.78, 5) is 37.5. The van der Waals surface area contributed by atoms with Crippen LogP contribution in [0.15, 0.2) is 58.1 Å². The van der Waals surface area contributed by atoms with E-state index < -0.39 is 61.3 Å². The first-order chi connectivity index (χ1) is 16.1. The SMILES string of the molecule is CN(c1ccccc1)S(=O)(=O)NC(=O)c1cc(-n2c(=O)cc(C(F)(F)F)n(C)c2=O)c(F)cc1Cl. The fourth-order valence-corrected chi connectivity index (χ4v) is 4.14. The maximum Gasteiger partial charge on any atom is 0.431 e. The normalized spacial score (nSPS) is 11.9. The van der Waals surface area contributed by atoms with Gasteiger partial charge in [-0.15, -0.1) is 0 Å². The maximum absolute atomic E-state index is 14.6. The average molecular weight is 535 g/mol. The van der Waals surface area contributed by atoms with Crippen LogP contribution in [-0.2, 0) is 23.4 Å². The zero-order chi connectivity index (χ0) is 26.3. The Balaban J connectivity index is 2.08. The average Bonchev–Trinajstić information content (AvgIpc) is 2.76. The standard InChI is InChI=1S/C20H15ClF4N4O5S/c1-27-16(20(23,24)25)10-17(30)29(19(27)32)15-8-12(13(21)9-14(15)22)18(31)26-35(33,34)28(2)11-6-4-3-5-7-11/h3-10H,1-2H3,(H,26,31). The number of hydrogen-bond donors (Lipinski definition) is 1. The molecule has 0 radical (unpaired) electrons. The molecule has 0 saturated heterocycles. The quantitative estimate of drug-likeness (QED) is 0.506. The Morgan fingerprint density at radius 2 is 1.69 bits per heavy atom. The van der Waals surface area contributed by atoms with Crippen molar-refractivity contribution < 1.29 is 30.8 Å². The van der Waals surface area contributed by atoms with Crippen LogP contribution in [0.2, 0.25) is 5.02 Å². The molecule has 3 aromatic rings. The Bertz CT molecular complexity index is 1540. The first-order valence-electron chi connectivity index (χ1n) is 9.41. The van der Waals surface area contributed by atoms with Crippen LogP contribution in [0.25, 0.3) is 5.69 Å². The number of nitrogens with zero attached hydrogens (tertiary/aromatic N) is 3. The first-order valence-corrected chi connectivity index (χ1v) is 11.2. The molecule has 15 heteroatoms. The fraction of sp³-hybridized carbons (Fsp3) is 0.150. The van der Waals surface area contributed by atoms with Gasteiger partial charge in [0, 0.05) is 20.2 Å². The molecule has 0 bridgehead atoms. The Morgan fingerprint density at radius 3 is 2.26 bits per heavy atom. The minimum absolute atomic E-state index is 0.0578. The molecular weight excluding hydrogens is 520 g/mol. The van der Waals surface area contributed by atoms with Gasteiger partial charge in [-0.25, -0.2) is 18.5 Å². The van der Waals surface area contributed by atoms with Gasteiger partial charge in [0.25, 0.3) is 11.5 Å². The summed E-state index contributed by atoms with van der Waals surface area (Å²) in [7, 11) is -2.62. The van der Waals surface area contributed by atoms with Gasteiger partial charge in [-0.3, -0.25) is 18.5 Å². The lowest BCUT2D eigenvalue weighted by Gasteiger charge is -2.20. The number of halogens is 5. The van der Waals surface area contributed by atoms with Gasteiger partial charge in [-0.2, -0.15) is 21.6 Å². The second-order valence-corrected chi connectivity index (χ2v) is 9.17. The van der Waals surface area contributed by atoms with E-state index in [4.69, 9.17) is 11.6 Å². The molecular formula is C20H15ClF4N4O5S. The highest BCUT2D eigenvalue weighted by atomic mass is 35.5. The van der Waals surface area contributed by atoms with Crippen LogP contribution in [-0.4, -0.2) is 30.5 Å². The van der Waals surface area contributed by atoms with Crippen molar-refractivity contribution in [1.29, 1.82) is 0 Å². The van der Waals surface area contributed by atoms with E-state index in [0.717, 1.165) is 11.4 Å². The summed E-state index contributed by atoms with van der Waals surface area (Å²) in [5, 5.41) is -0.585. The van der Waals surface area contributed by atoms with Crippen LogP contribution in [0.3, 0.4) is 0 Å². The molecule has 0 fully saturated rings. The summed E-state index contributed by atoms with van der Waals surface area (Å²) in [6.07, 6.45) is -5.05. The van der Waals surface area contributed by atoms with Gasteiger partial charge in [0.2, 0.25) is 0 Å². The lowest BCUT2D eigenvalue weighted by molar-refractivity contribution is -0.144. The molecule has 35 heavy (non-hydrogen) atoms. The van der Waals surface area contributed by atoms with Crippen molar-refractivity contribution in [2.45, 2.75) is 6.18 Å². The fourth-order valence-electron chi connectivity index (χ4n) is 3.02. The Morgan fingerprint density at radius 1 is 1.09 bits per heavy atom. The van der Waals surface area contributed by atoms with Crippen LogP contribution >= 0.6 is 11.6 Å². The third-order valence-corrected chi connectivity index (χ3v) is 6.52. The van der Waals surface area contributed by atoms with E-state index in [1.165, 1.54) is 12.1 Å². The monoisotopic (exact) mass is 534 g/mol. The lowest BCUT2D eigenvalue weighted by atomic mass is 10.1. The van der Waals surface area contributed by atoms with Crippen molar-refractivity contribution in [1.82, 2.24) is 13.9 Å². The number of anilines is 1. The van der Waals surface area contributed by atoms with Crippen molar-refractivity contribution in [2.24, 2.45) is 7.05 Å². The minimum Gasteiger partial charge on any atom is -0.292 e. The number of hydrogen-bond acceptors (Lipinski definition) is 5. The van der Waals surface area contributed by atoms with E-state index >= 15 is 0 Å². The van der Waals surface area contributed by atoms with Crippen LogP contribution in [0, 0.1) is 5.82 Å². The van der Waals surface area contributed by atoms with E-state index in [0.29, 0.717) is 19.2 Å². The number of rotatable bonds is 5. The van der Waals surface area contributed by atoms with Crippen molar-refractivity contribution in [3.63, 3.8) is 0 Å². The molecule has 9 nitrogen and oxygen atoms in total. The Kier molecular flexibility index (Phi) is 6.81. The molecule has 0 aliphatic carbocycles. The molecule has 2 aromatic carbocycles. The van der Waals surface area contributed by atoms with Gasteiger partial charge in [-0.1, -0.05) is 29.8 Å². The number of aromatic nitrogens is 2. The molecule has 3 rings (SSSR count). The van der Waals surface area contributed by atoms with Gasteiger partial charge < -0.3 is 0 Å². The number of benzene rings is 2. The number of alkyl halides is 3. The predicted octanol–water partition coefficient (Wildman–Crippen LogP) is 2.46. The van der Waals surface area contributed by atoms with Crippen molar-refractivity contribution >= 4 is 33.4 Å². The predicted molar refractivity (Wildman–Crippen MR) is 118 cm³/mol. The zero-order valence-corrected chi connectivity index (χ0v) is 19.4. The van der Waals surface area contributed by atoms with E-state index in [1.54, 1.807) is 22.9 Å². The highest BCUT2D eigenvalue weighted by molar-refractivity contribution is 7.91. The summed E-state index contributed by atoms with van der Waals surface area (Å²) in [5.41, 5.74) is -6.06. The van der Waals surface area contributed by atoms with Gasteiger partial charge in [0.15, 0.2) is 0 Å². The van der Waals surface area contributed by atoms with Gasteiger partial charge in [-0.05, 0) is 24.3 Å². The highest BCUT2D eigenvalue weighted by Gasteiger charge is 2.35. The largest absolute Gasteiger partial charge is 0.431 e. The summed E-state index contributed by atoms with van der Waals surface area (Å²) in [6, 6.07) is 8.80. The van der Waals surface area contributed by atoms with Crippen LogP contribution in [0.1, 0.15) is 16.1 Å². The number of carbonyl (C=O) groups is 1. The molecule has 0 aliphatic heterocycles. The van der Waals surface area contributed by atoms with Crippen molar-refractivity contribution in [3.05, 3.63) is 91.5 Å². The molecule has 1 aromatic heterocycles. The third kappa shape index (κ3) is 5.07. The number of carbonyl (C=O) groups excluding carboxylic acids is 1. The van der Waals surface area contributed by atoms with E-state index in [-0.39, 0.29) is 20.9 Å². The number of nitrogens with one attached hydrogen (secondary N) is 1. The third-order valence-electron chi connectivity index (χ3n) is 4.83. The van der Waals surface area contributed by atoms with Crippen LogP contribution < -0.4 is 20.3 Å². The summed E-state index contributed by atoms with van der Waals surface area (Å²) in [6.45, 7) is 0. The molecule has 0 aliphatic rings. The van der Waals surface area contributed by atoms with Gasteiger partial charge in [0.05, 0.1) is 22.0 Å². The zero-order valence-electron chi connectivity index (χ0n) is 17.8. The van der Waals surface area contributed by atoms with E-state index in [2.05, 4.69) is 0 Å². The topological polar surface area (TPSA) is 110 Å². The molecule has 1 amide bonds. The van der Waals surface area contributed by atoms with Crippen molar-refractivity contribution in [2.75, 3.05) is 11.4 Å². The van der Waals surface area contributed by atoms with E-state index in [9.17, 15) is 40.4 Å². The van der Waals surface area contributed by atoms with E-state index in [1.807, 2.05) is 0 Å². The Hall–Kier alpha value is -3.65. The molecule has 0 atom stereocenters. The van der Waals surface area contributed by atoms with Gasteiger partial charge in [0.1, 0.15) is 11.5 Å². The summed E-state index contributed by atoms with van der Waals surface area (Å²) in [5.74, 6) is -2.68. The van der Waals surface area contributed by atoms with Crippen LogP contribution in [0.4, 0.5) is 23.2 Å². The number of para-hydroxylation sites is 1. The van der Waals surface area contributed by atoms with Gasteiger partial charge >= 0.3 is 22.1 Å². The molecule has 1 heterocycles. The number of amides is 1. The highest BCUT2D eigenvalue weighted by Crippen LogP contribution is 2.27. The molecule has 0 spiro atoms. The maximum atomic E-state index is 14.6. The second kappa shape index (κ2) is 9.19. The lowest BCUT2D eigenvalue weighted by Crippen LogP contribution is -2.42. The summed E-state index contributed by atoms with van der Waals surface area (Å²) >= 11 is 5.88. The molecule has 186 valence electrons. The van der Waals surface area contributed by atoms with Crippen LogP contribution in [0.5, 0.6) is 0 Å². The molecule has 1 N–H and O–H groups in total. The molecule has 0 unspecified atom stereocenters. The smallest absolute Gasteiger partial charge is 0.292 e. The summed E-state index contributed by atoms with van der Waals surface area (Å²) < 4.78 is 81.6. The second-order valence-electron chi connectivity index (χ2n) is 7.07. The minimum atomic E-state index is -5.05. The van der Waals surface area contributed by atoms with Crippen molar-refractivity contribution in [3.8, 4) is 5.69 Å². The Labute approximate surface area is 200 Å².